The quantitative estimate of drug-likeness (QED) is 0.0346. The molecular formula is C51H98O6. The Hall–Kier alpha value is -1.59. The number of carbonyl (C=O) groups excluding carboxylic acids is 3. The van der Waals surface area contributed by atoms with Crippen LogP contribution in [0.2, 0.25) is 0 Å². The molecule has 0 N–H and O–H groups in total. The van der Waals surface area contributed by atoms with Crippen molar-refractivity contribution in [3.8, 4) is 0 Å². The first-order chi connectivity index (χ1) is 28.0. The van der Waals surface area contributed by atoms with Crippen LogP contribution in [0.5, 0.6) is 0 Å². The minimum atomic E-state index is -0.758. The van der Waals surface area contributed by atoms with E-state index in [0.717, 1.165) is 57.8 Å². The second-order valence-electron chi connectivity index (χ2n) is 17.5. The van der Waals surface area contributed by atoms with Gasteiger partial charge in [-0.05, 0) is 19.3 Å². The van der Waals surface area contributed by atoms with Crippen molar-refractivity contribution < 1.29 is 28.6 Å². The average Bonchev–Trinajstić information content (AvgIpc) is 3.21. The minimum absolute atomic E-state index is 0.0626. The van der Waals surface area contributed by atoms with Gasteiger partial charge < -0.3 is 14.2 Å². The zero-order valence-corrected chi connectivity index (χ0v) is 38.6. The van der Waals surface area contributed by atoms with E-state index >= 15 is 0 Å². The average molecular weight is 807 g/mol. The molecule has 0 aliphatic heterocycles. The Labute approximate surface area is 355 Å². The Bertz CT molecular complexity index is 844. The summed E-state index contributed by atoms with van der Waals surface area (Å²) in [5, 5.41) is 0. The standard InChI is InChI=1S/C51H98O6/c1-4-7-10-13-16-19-20-21-22-23-24-25-26-27-28-29-30-33-35-38-41-44-50(53)56-47-48(57-51(54)45-42-39-36-32-18-15-12-9-6-3)46-55-49(52)43-40-37-34-31-17-14-11-8-5-2/h48H,4-47H2,1-3H3. The fraction of sp³-hybridized carbons (Fsp3) is 0.941. The maximum Gasteiger partial charge on any atom is 0.306 e. The maximum atomic E-state index is 12.7. The van der Waals surface area contributed by atoms with E-state index < -0.39 is 6.10 Å². The Morgan fingerprint density at radius 3 is 0.702 bits per heavy atom. The summed E-state index contributed by atoms with van der Waals surface area (Å²) in [6, 6.07) is 0. The summed E-state index contributed by atoms with van der Waals surface area (Å²) in [6.07, 6.45) is 49.6. The lowest BCUT2D eigenvalue weighted by Gasteiger charge is -2.18. The van der Waals surface area contributed by atoms with Crippen LogP contribution in [0.25, 0.3) is 0 Å². The van der Waals surface area contributed by atoms with Crippen LogP contribution in [0.1, 0.15) is 290 Å². The smallest absolute Gasteiger partial charge is 0.306 e. The molecule has 0 aromatic carbocycles. The molecule has 6 heteroatoms. The van der Waals surface area contributed by atoms with Crippen molar-refractivity contribution in [3.05, 3.63) is 0 Å². The number of unbranched alkanes of at least 4 members (excludes halogenated alkanes) is 36. The van der Waals surface area contributed by atoms with Gasteiger partial charge in [0.25, 0.3) is 0 Å². The third-order valence-electron chi connectivity index (χ3n) is 11.6. The van der Waals surface area contributed by atoms with Crippen LogP contribution in [0.4, 0.5) is 0 Å². The molecule has 0 heterocycles. The molecule has 0 saturated carbocycles. The summed E-state index contributed by atoms with van der Waals surface area (Å²) < 4.78 is 16.7. The van der Waals surface area contributed by atoms with Crippen LogP contribution in [-0.2, 0) is 28.6 Å². The number of esters is 3. The van der Waals surface area contributed by atoms with Gasteiger partial charge >= 0.3 is 17.9 Å². The molecule has 0 aromatic heterocycles. The highest BCUT2D eigenvalue weighted by Crippen LogP contribution is 2.17. The first-order valence-corrected chi connectivity index (χ1v) is 25.5. The fourth-order valence-electron chi connectivity index (χ4n) is 7.74. The molecule has 6 nitrogen and oxygen atoms in total. The molecule has 57 heavy (non-hydrogen) atoms. The minimum Gasteiger partial charge on any atom is -0.462 e. The Kier molecular flexibility index (Phi) is 45.8. The molecule has 0 aromatic rings. The van der Waals surface area contributed by atoms with Crippen LogP contribution in [0, 0.1) is 0 Å². The lowest BCUT2D eigenvalue weighted by molar-refractivity contribution is -0.167. The number of rotatable bonds is 47. The van der Waals surface area contributed by atoms with E-state index in [1.54, 1.807) is 0 Å². The molecule has 1 unspecified atom stereocenters. The third-order valence-corrected chi connectivity index (χ3v) is 11.6. The molecule has 338 valence electrons. The van der Waals surface area contributed by atoms with E-state index in [0.29, 0.717) is 19.3 Å². The molecule has 0 aliphatic rings. The molecule has 0 fully saturated rings. The first-order valence-electron chi connectivity index (χ1n) is 25.5. The molecule has 0 saturated heterocycles. The first kappa shape index (κ1) is 55.4. The highest BCUT2D eigenvalue weighted by Gasteiger charge is 2.19. The van der Waals surface area contributed by atoms with E-state index in [9.17, 15) is 14.4 Å². The highest BCUT2D eigenvalue weighted by molar-refractivity contribution is 5.71. The van der Waals surface area contributed by atoms with Crippen molar-refractivity contribution in [3.63, 3.8) is 0 Å². The fourth-order valence-corrected chi connectivity index (χ4v) is 7.74. The van der Waals surface area contributed by atoms with E-state index in [1.165, 1.54) is 193 Å². The second kappa shape index (κ2) is 47.1. The molecule has 1 atom stereocenters. The molecule has 0 rings (SSSR count). The summed E-state index contributed by atoms with van der Waals surface area (Å²) in [5.41, 5.74) is 0. The largest absolute Gasteiger partial charge is 0.462 e. The van der Waals surface area contributed by atoms with E-state index in [2.05, 4.69) is 20.8 Å². The summed E-state index contributed by atoms with van der Waals surface area (Å²) in [4.78, 5) is 37.7. The van der Waals surface area contributed by atoms with E-state index in [4.69, 9.17) is 14.2 Å². The number of carbonyl (C=O) groups is 3. The van der Waals surface area contributed by atoms with Crippen molar-refractivity contribution in [1.82, 2.24) is 0 Å². The third kappa shape index (κ3) is 45.3. The maximum absolute atomic E-state index is 12.7. The van der Waals surface area contributed by atoms with Gasteiger partial charge in [0.15, 0.2) is 6.10 Å². The Morgan fingerprint density at radius 1 is 0.281 bits per heavy atom. The van der Waals surface area contributed by atoms with Gasteiger partial charge in [0.2, 0.25) is 0 Å². The second-order valence-corrected chi connectivity index (χ2v) is 17.5. The monoisotopic (exact) mass is 807 g/mol. The lowest BCUT2D eigenvalue weighted by Crippen LogP contribution is -2.30. The van der Waals surface area contributed by atoms with Gasteiger partial charge in [-0.1, -0.05) is 252 Å². The summed E-state index contributed by atoms with van der Waals surface area (Å²) in [5.74, 6) is -0.851. The molecule has 0 aliphatic carbocycles. The van der Waals surface area contributed by atoms with Crippen molar-refractivity contribution in [2.75, 3.05) is 13.2 Å². The number of ether oxygens (including phenoxy) is 3. The summed E-state index contributed by atoms with van der Waals surface area (Å²) in [7, 11) is 0. The SMILES string of the molecule is CCCCCCCCCCCCCCCCCCCCCCCC(=O)OCC(COC(=O)CCCCCCCCCCC)OC(=O)CCCCCCCCCCC. The molecule has 0 bridgehead atoms. The van der Waals surface area contributed by atoms with Crippen LogP contribution in [-0.4, -0.2) is 37.2 Å². The lowest BCUT2D eigenvalue weighted by atomic mass is 10.0. The van der Waals surface area contributed by atoms with Gasteiger partial charge in [-0.3, -0.25) is 14.4 Å². The zero-order valence-electron chi connectivity index (χ0n) is 38.6. The van der Waals surface area contributed by atoms with Crippen molar-refractivity contribution >= 4 is 17.9 Å². The predicted molar refractivity (Wildman–Crippen MR) is 243 cm³/mol. The number of hydrogen-bond donors (Lipinski definition) is 0. The highest BCUT2D eigenvalue weighted by atomic mass is 16.6. The van der Waals surface area contributed by atoms with Crippen LogP contribution in [0.15, 0.2) is 0 Å². The topological polar surface area (TPSA) is 78.9 Å². The van der Waals surface area contributed by atoms with Gasteiger partial charge in [-0.25, -0.2) is 0 Å². The molecule has 0 radical (unpaired) electrons. The van der Waals surface area contributed by atoms with Crippen molar-refractivity contribution in [1.29, 1.82) is 0 Å². The zero-order chi connectivity index (χ0) is 41.5. The molecule has 0 spiro atoms. The summed E-state index contributed by atoms with van der Waals surface area (Å²) in [6.45, 7) is 6.64. The predicted octanol–water partition coefficient (Wildman–Crippen LogP) is 16.4. The van der Waals surface area contributed by atoms with Gasteiger partial charge in [-0.15, -0.1) is 0 Å². The molecular weight excluding hydrogens is 709 g/mol. The van der Waals surface area contributed by atoms with Crippen LogP contribution >= 0.6 is 0 Å². The van der Waals surface area contributed by atoms with Gasteiger partial charge in [0.05, 0.1) is 0 Å². The van der Waals surface area contributed by atoms with Gasteiger partial charge in [0.1, 0.15) is 13.2 Å². The van der Waals surface area contributed by atoms with E-state index in [-0.39, 0.29) is 31.1 Å². The van der Waals surface area contributed by atoms with Crippen molar-refractivity contribution in [2.24, 2.45) is 0 Å². The number of hydrogen-bond acceptors (Lipinski definition) is 6. The van der Waals surface area contributed by atoms with Gasteiger partial charge in [0, 0.05) is 19.3 Å². The van der Waals surface area contributed by atoms with E-state index in [1.807, 2.05) is 0 Å². The Balaban J connectivity index is 4.11. The van der Waals surface area contributed by atoms with Crippen LogP contribution in [0.3, 0.4) is 0 Å². The normalized spacial score (nSPS) is 11.8. The van der Waals surface area contributed by atoms with Crippen molar-refractivity contribution in [2.45, 2.75) is 297 Å². The summed E-state index contributed by atoms with van der Waals surface area (Å²) >= 11 is 0. The van der Waals surface area contributed by atoms with Gasteiger partial charge in [-0.2, -0.15) is 0 Å². The molecule has 0 amide bonds. The van der Waals surface area contributed by atoms with Crippen LogP contribution < -0.4 is 0 Å². The Morgan fingerprint density at radius 2 is 0.474 bits per heavy atom.